The van der Waals surface area contributed by atoms with Crippen molar-refractivity contribution in [3.8, 4) is 0 Å². The molecular formula is C12H17N3O4S. The van der Waals surface area contributed by atoms with E-state index in [9.17, 15) is 14.4 Å². The zero-order valence-corrected chi connectivity index (χ0v) is 12.4. The van der Waals surface area contributed by atoms with E-state index in [2.05, 4.69) is 9.97 Å². The first-order chi connectivity index (χ1) is 9.32. The van der Waals surface area contributed by atoms with Crippen molar-refractivity contribution >= 4 is 23.6 Å². The first kappa shape index (κ1) is 16.2. The maximum atomic E-state index is 11.4. The molecule has 0 unspecified atom stereocenters. The third-order valence-electron chi connectivity index (χ3n) is 2.57. The van der Waals surface area contributed by atoms with Crippen LogP contribution in [-0.2, 0) is 4.79 Å². The highest BCUT2D eigenvalue weighted by Crippen LogP contribution is 2.22. The molecule has 1 amide bonds. The Morgan fingerprint density at radius 1 is 1.40 bits per heavy atom. The summed E-state index contributed by atoms with van der Waals surface area (Å²) in [4.78, 5) is 41.4. The summed E-state index contributed by atoms with van der Waals surface area (Å²) >= 11 is 1.17. The Hall–Kier alpha value is -1.83. The van der Waals surface area contributed by atoms with Crippen LogP contribution in [-0.4, -0.2) is 51.7 Å². The molecule has 0 saturated carbocycles. The van der Waals surface area contributed by atoms with Gasteiger partial charge >= 0.3 is 11.7 Å². The number of amides is 1. The standard InChI is InChI=1S/C12H17N3O4S/c1-7-9(11(17)18)10(14-12(19)13-7)20-6-4-5-8(16)15(2)3/h4-6H2,1-3H3,(H,17,18)(H,13,14,19). The van der Waals surface area contributed by atoms with Crippen molar-refractivity contribution in [3.63, 3.8) is 0 Å². The Bertz CT molecular complexity index is 568. The van der Waals surface area contributed by atoms with Crippen molar-refractivity contribution in [2.24, 2.45) is 0 Å². The second-order valence-corrected chi connectivity index (χ2v) is 5.48. The van der Waals surface area contributed by atoms with Gasteiger partial charge in [-0.2, -0.15) is 4.98 Å². The fraction of sp³-hybridized carbons (Fsp3) is 0.500. The lowest BCUT2D eigenvalue weighted by molar-refractivity contribution is -0.128. The van der Waals surface area contributed by atoms with Crippen molar-refractivity contribution in [2.45, 2.75) is 24.8 Å². The Balaban J connectivity index is 2.71. The number of carboxylic acids is 1. The molecule has 8 heteroatoms. The first-order valence-electron chi connectivity index (χ1n) is 6.00. The third kappa shape index (κ3) is 4.37. The number of H-pyrrole nitrogens is 1. The molecule has 1 heterocycles. The van der Waals surface area contributed by atoms with Gasteiger partial charge in [0.05, 0.1) is 0 Å². The van der Waals surface area contributed by atoms with E-state index < -0.39 is 11.7 Å². The number of nitrogens with one attached hydrogen (secondary N) is 1. The topological polar surface area (TPSA) is 103 Å². The number of aromatic carboxylic acids is 1. The summed E-state index contributed by atoms with van der Waals surface area (Å²) in [6.45, 7) is 1.52. The van der Waals surface area contributed by atoms with Gasteiger partial charge in [0, 0.05) is 32.0 Å². The summed E-state index contributed by atoms with van der Waals surface area (Å²) in [5, 5.41) is 9.31. The van der Waals surface area contributed by atoms with Crippen LogP contribution < -0.4 is 5.69 Å². The molecule has 1 aromatic rings. The summed E-state index contributed by atoms with van der Waals surface area (Å²) in [6.07, 6.45) is 0.971. The number of aromatic amines is 1. The Kier molecular flexibility index (Phi) is 5.75. The fourth-order valence-electron chi connectivity index (χ4n) is 1.53. The van der Waals surface area contributed by atoms with Crippen LogP contribution in [0, 0.1) is 6.92 Å². The number of hydrogen-bond donors (Lipinski definition) is 2. The first-order valence-corrected chi connectivity index (χ1v) is 6.98. The lowest BCUT2D eigenvalue weighted by Gasteiger charge is -2.10. The van der Waals surface area contributed by atoms with Crippen molar-refractivity contribution in [2.75, 3.05) is 19.8 Å². The van der Waals surface area contributed by atoms with E-state index >= 15 is 0 Å². The molecule has 0 fully saturated rings. The molecule has 1 aromatic heterocycles. The van der Waals surface area contributed by atoms with E-state index in [1.54, 1.807) is 14.1 Å². The molecule has 0 bridgehead atoms. The van der Waals surface area contributed by atoms with Gasteiger partial charge in [-0.05, 0) is 13.3 Å². The second kappa shape index (κ2) is 7.09. The number of carbonyl (C=O) groups excluding carboxylic acids is 1. The van der Waals surface area contributed by atoms with Crippen LogP contribution in [0.25, 0.3) is 0 Å². The molecule has 0 saturated heterocycles. The van der Waals surface area contributed by atoms with E-state index in [0.29, 0.717) is 18.6 Å². The van der Waals surface area contributed by atoms with E-state index in [1.807, 2.05) is 0 Å². The smallest absolute Gasteiger partial charge is 0.346 e. The van der Waals surface area contributed by atoms with E-state index in [1.165, 1.54) is 23.6 Å². The van der Waals surface area contributed by atoms with Crippen LogP contribution in [0.1, 0.15) is 28.9 Å². The summed E-state index contributed by atoms with van der Waals surface area (Å²) in [6, 6.07) is 0. The van der Waals surface area contributed by atoms with Gasteiger partial charge in [-0.15, -0.1) is 11.8 Å². The van der Waals surface area contributed by atoms with Crippen LogP contribution in [0.15, 0.2) is 9.82 Å². The van der Waals surface area contributed by atoms with E-state index in [4.69, 9.17) is 5.11 Å². The molecule has 0 aliphatic rings. The quantitative estimate of drug-likeness (QED) is 0.456. The molecule has 110 valence electrons. The Morgan fingerprint density at radius 2 is 2.05 bits per heavy atom. The van der Waals surface area contributed by atoms with Gasteiger partial charge in [0.1, 0.15) is 10.6 Å². The van der Waals surface area contributed by atoms with Gasteiger partial charge in [-0.25, -0.2) is 9.59 Å². The molecule has 0 radical (unpaired) electrons. The SMILES string of the molecule is Cc1[nH]c(=O)nc(SCCCC(=O)N(C)C)c1C(=O)O. The second-order valence-electron chi connectivity index (χ2n) is 4.39. The maximum Gasteiger partial charge on any atom is 0.346 e. The number of hydrogen-bond acceptors (Lipinski definition) is 5. The zero-order valence-electron chi connectivity index (χ0n) is 11.6. The molecule has 0 atom stereocenters. The molecule has 1 rings (SSSR count). The summed E-state index contributed by atoms with van der Waals surface area (Å²) in [5.74, 6) is -0.590. The minimum absolute atomic E-state index is 0.00790. The highest BCUT2D eigenvalue weighted by molar-refractivity contribution is 7.99. The third-order valence-corrected chi connectivity index (χ3v) is 3.63. The van der Waals surface area contributed by atoms with Crippen molar-refractivity contribution < 1.29 is 14.7 Å². The van der Waals surface area contributed by atoms with Gasteiger partial charge in [-0.1, -0.05) is 0 Å². The van der Waals surface area contributed by atoms with Crippen LogP contribution >= 0.6 is 11.8 Å². The molecule has 7 nitrogen and oxygen atoms in total. The normalized spacial score (nSPS) is 10.3. The molecule has 0 spiro atoms. The van der Waals surface area contributed by atoms with E-state index in [-0.39, 0.29) is 22.2 Å². The summed E-state index contributed by atoms with van der Waals surface area (Å²) in [5.41, 5.74) is -0.280. The van der Waals surface area contributed by atoms with Crippen LogP contribution in [0.5, 0.6) is 0 Å². The highest BCUT2D eigenvalue weighted by atomic mass is 32.2. The minimum atomic E-state index is -1.13. The average molecular weight is 299 g/mol. The number of rotatable bonds is 6. The van der Waals surface area contributed by atoms with Crippen LogP contribution in [0.4, 0.5) is 0 Å². The fourth-order valence-corrected chi connectivity index (χ4v) is 2.55. The lowest BCUT2D eigenvalue weighted by Crippen LogP contribution is -2.21. The predicted octanol–water partition coefficient (Wildman–Crippen LogP) is 0.737. The molecule has 0 aliphatic carbocycles. The number of aromatic nitrogens is 2. The summed E-state index contributed by atoms with van der Waals surface area (Å²) in [7, 11) is 3.36. The minimum Gasteiger partial charge on any atom is -0.478 e. The molecule has 2 N–H and O–H groups in total. The Morgan fingerprint density at radius 3 is 2.60 bits per heavy atom. The van der Waals surface area contributed by atoms with Crippen molar-refractivity contribution in [3.05, 3.63) is 21.7 Å². The van der Waals surface area contributed by atoms with Gasteiger partial charge in [0.15, 0.2) is 0 Å². The van der Waals surface area contributed by atoms with Crippen molar-refractivity contribution in [1.29, 1.82) is 0 Å². The van der Waals surface area contributed by atoms with Gasteiger partial charge in [0.2, 0.25) is 5.91 Å². The van der Waals surface area contributed by atoms with E-state index in [0.717, 1.165) is 0 Å². The number of aryl methyl sites for hydroxylation is 1. The van der Waals surface area contributed by atoms with Gasteiger partial charge in [-0.3, -0.25) is 4.79 Å². The molecule has 20 heavy (non-hydrogen) atoms. The molecule has 0 aromatic carbocycles. The lowest BCUT2D eigenvalue weighted by atomic mass is 10.2. The average Bonchev–Trinajstić information content (AvgIpc) is 2.32. The maximum absolute atomic E-state index is 11.4. The largest absolute Gasteiger partial charge is 0.478 e. The number of carboxylic acid groups (broad SMARTS) is 1. The van der Waals surface area contributed by atoms with Crippen LogP contribution in [0.2, 0.25) is 0 Å². The van der Waals surface area contributed by atoms with Gasteiger partial charge < -0.3 is 15.0 Å². The zero-order chi connectivity index (χ0) is 15.3. The van der Waals surface area contributed by atoms with Gasteiger partial charge in [0.25, 0.3) is 0 Å². The number of thioether (sulfide) groups is 1. The van der Waals surface area contributed by atoms with Crippen molar-refractivity contribution in [1.82, 2.24) is 14.9 Å². The van der Waals surface area contributed by atoms with Crippen LogP contribution in [0.3, 0.4) is 0 Å². The molecular weight excluding hydrogens is 282 g/mol. The summed E-state index contributed by atoms with van der Waals surface area (Å²) < 4.78 is 0. The molecule has 0 aliphatic heterocycles. The highest BCUT2D eigenvalue weighted by Gasteiger charge is 2.16. The number of carbonyl (C=O) groups is 2. The monoisotopic (exact) mass is 299 g/mol. The Labute approximate surface area is 120 Å². The number of nitrogens with zero attached hydrogens (tertiary/aromatic N) is 2. The predicted molar refractivity (Wildman–Crippen MR) is 75.2 cm³/mol.